The van der Waals surface area contributed by atoms with Gasteiger partial charge in [0.25, 0.3) is 12.0 Å². The summed E-state index contributed by atoms with van der Waals surface area (Å²) in [6, 6.07) is 0. The van der Waals surface area contributed by atoms with Crippen LogP contribution in [0, 0.1) is 0 Å². The molecule has 1 aromatic heterocycles. The molecule has 0 fully saturated rings. The molecule has 0 amide bonds. The lowest BCUT2D eigenvalue weighted by atomic mass is 10.1. The van der Waals surface area contributed by atoms with Crippen molar-refractivity contribution in [3.8, 4) is 0 Å². The fourth-order valence-electron chi connectivity index (χ4n) is 1.48. The Morgan fingerprint density at radius 2 is 2.16 bits per heavy atom. The Kier molecular flexibility index (Phi) is 5.41. The normalized spacial score (nSPS) is 11.9. The molecular weight excluding hydrogens is 256 g/mol. The lowest BCUT2D eigenvalue weighted by Gasteiger charge is -2.22. The highest BCUT2D eigenvalue weighted by atomic mass is 19.3. The highest BCUT2D eigenvalue weighted by molar-refractivity contribution is 5.30. The van der Waals surface area contributed by atoms with Crippen molar-refractivity contribution in [2.24, 2.45) is 0 Å². The molecule has 1 rings (SSSR count). The van der Waals surface area contributed by atoms with Crippen LogP contribution in [-0.4, -0.2) is 35.7 Å². The summed E-state index contributed by atoms with van der Waals surface area (Å²) in [6.07, 6.45) is 0.656. The van der Waals surface area contributed by atoms with Gasteiger partial charge in [0, 0.05) is 24.5 Å². The van der Waals surface area contributed by atoms with Crippen LogP contribution in [0.2, 0.25) is 0 Å². The zero-order valence-corrected chi connectivity index (χ0v) is 11.3. The Morgan fingerprint density at radius 1 is 1.47 bits per heavy atom. The molecule has 0 aliphatic rings. The summed E-state index contributed by atoms with van der Waals surface area (Å²) in [4.78, 5) is 16.0. The van der Waals surface area contributed by atoms with Crippen LogP contribution in [0.4, 0.5) is 14.6 Å². The third-order valence-electron chi connectivity index (χ3n) is 2.35. The molecule has 0 saturated heterocycles. The molecule has 7 heteroatoms. The number of rotatable bonds is 6. The second-order valence-corrected chi connectivity index (χ2v) is 5.01. The second-order valence-electron chi connectivity index (χ2n) is 5.01. The molecule has 19 heavy (non-hydrogen) atoms. The minimum Gasteiger partial charge on any atom is -0.374 e. The third-order valence-corrected chi connectivity index (χ3v) is 2.35. The molecule has 0 spiro atoms. The first-order valence-electron chi connectivity index (χ1n) is 6.00. The summed E-state index contributed by atoms with van der Waals surface area (Å²) in [7, 11) is 0. The molecule has 0 unspecified atom stereocenters. The average molecular weight is 275 g/mol. The van der Waals surface area contributed by atoms with E-state index in [1.165, 1.54) is 6.20 Å². The van der Waals surface area contributed by atoms with Crippen LogP contribution in [0.5, 0.6) is 0 Å². The van der Waals surface area contributed by atoms with Crippen LogP contribution >= 0.6 is 0 Å². The molecule has 1 aromatic rings. The van der Waals surface area contributed by atoms with E-state index < -0.39 is 13.0 Å². The van der Waals surface area contributed by atoms with Gasteiger partial charge in [-0.25, -0.2) is 13.8 Å². The molecular formula is C12H19F2N3O2. The van der Waals surface area contributed by atoms with Gasteiger partial charge in [-0.2, -0.15) is 0 Å². The average Bonchev–Trinajstić information content (AvgIpc) is 2.28. The first kappa shape index (κ1) is 15.6. The predicted molar refractivity (Wildman–Crippen MR) is 68.8 cm³/mol. The van der Waals surface area contributed by atoms with Gasteiger partial charge in [-0.05, 0) is 20.8 Å². The Balaban J connectivity index is 2.58. The zero-order valence-electron chi connectivity index (χ0n) is 11.3. The minimum absolute atomic E-state index is 0.0931. The van der Waals surface area contributed by atoms with Crippen LogP contribution in [0.1, 0.15) is 20.8 Å². The monoisotopic (exact) mass is 275 g/mol. The second kappa shape index (κ2) is 6.60. The van der Waals surface area contributed by atoms with E-state index in [0.717, 1.165) is 0 Å². The highest BCUT2D eigenvalue weighted by Crippen LogP contribution is 2.10. The van der Waals surface area contributed by atoms with E-state index in [-0.39, 0.29) is 30.1 Å². The third kappa shape index (κ3) is 4.94. The lowest BCUT2D eigenvalue weighted by molar-refractivity contribution is 0.0214. The van der Waals surface area contributed by atoms with E-state index >= 15 is 0 Å². The molecule has 0 aromatic carbocycles. The van der Waals surface area contributed by atoms with Crippen molar-refractivity contribution in [1.29, 1.82) is 0 Å². The van der Waals surface area contributed by atoms with Gasteiger partial charge < -0.3 is 14.6 Å². The molecule has 5 nitrogen and oxygen atoms in total. The van der Waals surface area contributed by atoms with E-state index in [0.29, 0.717) is 0 Å². The van der Waals surface area contributed by atoms with Crippen molar-refractivity contribution in [1.82, 2.24) is 9.55 Å². The number of ether oxygens (including phenoxy) is 1. The fraction of sp³-hybridized carbons (Fsp3) is 0.667. The van der Waals surface area contributed by atoms with Crippen molar-refractivity contribution in [3.63, 3.8) is 0 Å². The van der Waals surface area contributed by atoms with E-state index in [2.05, 4.69) is 10.3 Å². The highest BCUT2D eigenvalue weighted by Gasteiger charge is 2.16. The van der Waals surface area contributed by atoms with Crippen LogP contribution in [0.15, 0.2) is 17.2 Å². The summed E-state index contributed by atoms with van der Waals surface area (Å²) in [5.41, 5.74) is -0.591. The fourth-order valence-corrected chi connectivity index (χ4v) is 1.48. The summed E-state index contributed by atoms with van der Waals surface area (Å²) in [6.45, 7) is 5.47. The van der Waals surface area contributed by atoms with Gasteiger partial charge in [0.2, 0.25) is 0 Å². The van der Waals surface area contributed by atoms with Gasteiger partial charge in [-0.1, -0.05) is 0 Å². The first-order chi connectivity index (χ1) is 8.82. The van der Waals surface area contributed by atoms with Gasteiger partial charge in [-0.3, -0.25) is 4.79 Å². The maximum Gasteiger partial charge on any atom is 0.293 e. The molecule has 1 heterocycles. The molecule has 0 saturated carbocycles. The minimum atomic E-state index is -2.48. The van der Waals surface area contributed by atoms with Crippen molar-refractivity contribution in [2.75, 3.05) is 25.1 Å². The lowest BCUT2D eigenvalue weighted by Crippen LogP contribution is -2.35. The number of aromatic nitrogens is 2. The number of nitrogens with zero attached hydrogens (tertiary/aromatic N) is 2. The number of nitrogens with one attached hydrogen (secondary N) is 1. The van der Waals surface area contributed by atoms with Crippen molar-refractivity contribution >= 4 is 5.82 Å². The van der Waals surface area contributed by atoms with Gasteiger partial charge in [0.1, 0.15) is 6.61 Å². The van der Waals surface area contributed by atoms with Crippen LogP contribution in [0.25, 0.3) is 0 Å². The smallest absolute Gasteiger partial charge is 0.293 e. The van der Waals surface area contributed by atoms with Gasteiger partial charge in [-0.15, -0.1) is 0 Å². The first-order valence-corrected chi connectivity index (χ1v) is 6.00. The maximum absolute atomic E-state index is 12.1. The zero-order chi connectivity index (χ0) is 14.5. The van der Waals surface area contributed by atoms with Crippen LogP contribution in [-0.2, 0) is 10.3 Å². The van der Waals surface area contributed by atoms with Crippen molar-refractivity contribution in [3.05, 3.63) is 22.7 Å². The maximum atomic E-state index is 12.1. The summed E-state index contributed by atoms with van der Waals surface area (Å²) in [5, 5.41) is 2.78. The van der Waals surface area contributed by atoms with Gasteiger partial charge in [0.15, 0.2) is 5.82 Å². The Labute approximate surface area is 110 Å². The molecule has 0 atom stereocenters. The van der Waals surface area contributed by atoms with E-state index in [1.807, 2.05) is 20.8 Å². The number of hydrogen-bond acceptors (Lipinski definition) is 4. The Bertz CT molecular complexity index is 455. The molecule has 0 radical (unpaired) electrons. The topological polar surface area (TPSA) is 56.1 Å². The number of halogens is 2. The standard InChI is InChI=1S/C12H19F2N3O2/c1-12(2,3)17-6-4-15-10(11(17)18)16-5-7-19-8-9(13)14/h4,6,9H,5,7-8H2,1-3H3,(H,15,16). The van der Waals surface area contributed by atoms with E-state index in [9.17, 15) is 13.6 Å². The van der Waals surface area contributed by atoms with E-state index in [4.69, 9.17) is 4.74 Å². The van der Waals surface area contributed by atoms with Crippen molar-refractivity contribution in [2.45, 2.75) is 32.7 Å². The largest absolute Gasteiger partial charge is 0.374 e. The molecule has 0 aliphatic heterocycles. The van der Waals surface area contributed by atoms with Crippen LogP contribution < -0.4 is 10.9 Å². The molecule has 1 N–H and O–H groups in total. The number of alkyl halides is 2. The SMILES string of the molecule is CC(C)(C)n1ccnc(NCCOCC(F)F)c1=O. The number of anilines is 1. The molecule has 108 valence electrons. The Morgan fingerprint density at radius 3 is 2.74 bits per heavy atom. The van der Waals surface area contributed by atoms with Crippen LogP contribution in [0.3, 0.4) is 0 Å². The van der Waals surface area contributed by atoms with E-state index in [1.54, 1.807) is 10.8 Å². The van der Waals surface area contributed by atoms with Gasteiger partial charge in [0.05, 0.1) is 6.61 Å². The molecule has 0 bridgehead atoms. The van der Waals surface area contributed by atoms with Crippen molar-refractivity contribution < 1.29 is 13.5 Å². The summed E-state index contributed by atoms with van der Waals surface area (Å²) < 4.78 is 29.9. The Hall–Kier alpha value is -1.50. The molecule has 0 aliphatic carbocycles. The number of hydrogen-bond donors (Lipinski definition) is 1. The van der Waals surface area contributed by atoms with Gasteiger partial charge >= 0.3 is 0 Å². The summed E-state index contributed by atoms with van der Waals surface area (Å²) >= 11 is 0. The quantitative estimate of drug-likeness (QED) is 0.803. The summed E-state index contributed by atoms with van der Waals surface area (Å²) in [5.74, 6) is 0.193. The predicted octanol–water partition coefficient (Wildman–Crippen LogP) is 1.69.